The lowest BCUT2D eigenvalue weighted by Crippen LogP contribution is -2.23. The lowest BCUT2D eigenvalue weighted by molar-refractivity contribution is 0.0950. The maximum atomic E-state index is 12.5. The van der Waals surface area contributed by atoms with Gasteiger partial charge in [0.1, 0.15) is 12.9 Å². The van der Waals surface area contributed by atoms with Crippen LogP contribution in [0.4, 0.5) is 0 Å². The minimum Gasteiger partial charge on any atom is -0.473 e. The maximum Gasteiger partial charge on any atom is 0.251 e. The summed E-state index contributed by atoms with van der Waals surface area (Å²) in [6.45, 7) is 1.05. The van der Waals surface area contributed by atoms with Gasteiger partial charge in [-0.25, -0.2) is 9.97 Å². The number of nitrogens with one attached hydrogen (secondary N) is 2. The highest BCUT2D eigenvalue weighted by molar-refractivity contribution is 5.94. The second-order valence-corrected chi connectivity index (χ2v) is 6.61. The zero-order valence-corrected chi connectivity index (χ0v) is 15.8. The van der Waals surface area contributed by atoms with Crippen LogP contribution >= 0.6 is 0 Å². The molecule has 1 amide bonds. The molecule has 2 heterocycles. The summed E-state index contributed by atoms with van der Waals surface area (Å²) in [5, 5.41) is 4.07. The molecule has 2 aromatic heterocycles. The van der Waals surface area contributed by atoms with Crippen molar-refractivity contribution in [3.05, 3.63) is 89.5 Å². The first kappa shape index (κ1) is 18.6. The van der Waals surface area contributed by atoms with Crippen LogP contribution in [0.5, 0.6) is 5.88 Å². The number of nitrogens with two attached hydrogens (primary N) is 1. The van der Waals surface area contributed by atoms with Gasteiger partial charge >= 0.3 is 0 Å². The summed E-state index contributed by atoms with van der Waals surface area (Å²) in [6, 6.07) is 19.1. The van der Waals surface area contributed by atoms with E-state index in [1.54, 1.807) is 12.1 Å². The summed E-state index contributed by atoms with van der Waals surface area (Å²) in [5.41, 5.74) is 9.75. The molecule has 4 rings (SSSR count). The number of carbonyl (C=O) groups is 1. The third-order valence-corrected chi connectivity index (χ3v) is 4.51. The highest BCUT2D eigenvalue weighted by Gasteiger charge is 2.08. The van der Waals surface area contributed by atoms with Crippen molar-refractivity contribution in [1.29, 1.82) is 0 Å². The number of aromatic amines is 1. The van der Waals surface area contributed by atoms with Crippen LogP contribution in [0.25, 0.3) is 10.9 Å². The molecule has 29 heavy (non-hydrogen) atoms. The first-order valence-electron chi connectivity index (χ1n) is 9.29. The molecule has 0 fully saturated rings. The van der Waals surface area contributed by atoms with Crippen molar-refractivity contribution in [2.24, 2.45) is 5.73 Å². The molecule has 0 saturated heterocycles. The van der Waals surface area contributed by atoms with Gasteiger partial charge in [-0.2, -0.15) is 0 Å². The third kappa shape index (κ3) is 4.59. The molecule has 146 valence electrons. The number of aromatic nitrogens is 3. The first-order chi connectivity index (χ1) is 14.2. The molecule has 0 unspecified atom stereocenters. The molecule has 0 aliphatic rings. The van der Waals surface area contributed by atoms with Crippen LogP contribution < -0.4 is 15.8 Å². The zero-order chi connectivity index (χ0) is 20.1. The van der Waals surface area contributed by atoms with Gasteiger partial charge in [0.15, 0.2) is 0 Å². The fourth-order valence-electron chi connectivity index (χ4n) is 3.03. The van der Waals surface area contributed by atoms with Crippen molar-refractivity contribution in [2.75, 3.05) is 0 Å². The topological polar surface area (TPSA) is 106 Å². The van der Waals surface area contributed by atoms with Crippen molar-refractivity contribution >= 4 is 16.8 Å². The standard InChI is InChI=1S/C22H21N5O2/c23-11-18-10-21(26-14-25-18)29-13-15-4-3-6-17(8-15)22(28)24-12-19-9-16-5-1-2-7-20(16)27-19/h1-10,14,27H,11-13,23H2,(H,24,28). The van der Waals surface area contributed by atoms with Crippen LogP contribution in [-0.2, 0) is 19.7 Å². The van der Waals surface area contributed by atoms with Gasteiger partial charge in [-0.3, -0.25) is 4.79 Å². The summed E-state index contributed by atoms with van der Waals surface area (Å²) in [4.78, 5) is 24.0. The number of H-pyrrole nitrogens is 1. The molecule has 0 aliphatic carbocycles. The Bertz CT molecular complexity index is 1110. The highest BCUT2D eigenvalue weighted by Crippen LogP contribution is 2.15. The monoisotopic (exact) mass is 387 g/mol. The van der Waals surface area contributed by atoms with Gasteiger partial charge in [0.25, 0.3) is 5.91 Å². The van der Waals surface area contributed by atoms with Gasteiger partial charge in [0.05, 0.1) is 12.2 Å². The molecule has 0 atom stereocenters. The number of hydrogen-bond donors (Lipinski definition) is 3. The Labute approximate surface area is 168 Å². The van der Waals surface area contributed by atoms with E-state index >= 15 is 0 Å². The smallest absolute Gasteiger partial charge is 0.251 e. The fourth-order valence-corrected chi connectivity index (χ4v) is 3.03. The Balaban J connectivity index is 1.37. The average Bonchev–Trinajstić information content (AvgIpc) is 3.19. The molecule has 4 N–H and O–H groups in total. The van der Waals surface area contributed by atoms with Crippen molar-refractivity contribution in [2.45, 2.75) is 19.7 Å². The van der Waals surface area contributed by atoms with Crippen LogP contribution in [0, 0.1) is 0 Å². The summed E-state index contributed by atoms with van der Waals surface area (Å²) >= 11 is 0. The molecule has 0 spiro atoms. The molecular weight excluding hydrogens is 366 g/mol. The van der Waals surface area contributed by atoms with Crippen LogP contribution in [-0.4, -0.2) is 20.9 Å². The van der Waals surface area contributed by atoms with Gasteiger partial charge in [-0.15, -0.1) is 0 Å². The predicted molar refractivity (Wildman–Crippen MR) is 110 cm³/mol. The van der Waals surface area contributed by atoms with E-state index in [0.717, 1.165) is 22.2 Å². The van der Waals surface area contributed by atoms with E-state index in [-0.39, 0.29) is 5.91 Å². The van der Waals surface area contributed by atoms with E-state index in [9.17, 15) is 4.79 Å². The minimum atomic E-state index is -0.141. The van der Waals surface area contributed by atoms with Crippen molar-refractivity contribution < 1.29 is 9.53 Å². The molecule has 2 aromatic carbocycles. The number of fused-ring (bicyclic) bond motifs is 1. The molecule has 0 bridgehead atoms. The van der Waals surface area contributed by atoms with E-state index in [1.165, 1.54) is 6.33 Å². The van der Waals surface area contributed by atoms with E-state index in [0.29, 0.717) is 36.8 Å². The summed E-state index contributed by atoms with van der Waals surface area (Å²) in [6.07, 6.45) is 1.42. The number of benzene rings is 2. The largest absolute Gasteiger partial charge is 0.473 e. The number of para-hydroxylation sites is 1. The fraction of sp³-hybridized carbons (Fsp3) is 0.136. The Kier molecular flexibility index (Phi) is 5.49. The highest BCUT2D eigenvalue weighted by atomic mass is 16.5. The number of carbonyl (C=O) groups excluding carboxylic acids is 1. The van der Waals surface area contributed by atoms with Gasteiger partial charge in [0.2, 0.25) is 5.88 Å². The van der Waals surface area contributed by atoms with Crippen LogP contribution in [0.2, 0.25) is 0 Å². The Hall–Kier alpha value is -3.71. The second kappa shape index (κ2) is 8.53. The normalized spacial score (nSPS) is 10.8. The van der Waals surface area contributed by atoms with Crippen molar-refractivity contribution in [3.8, 4) is 5.88 Å². The summed E-state index contributed by atoms with van der Waals surface area (Å²) in [5.74, 6) is 0.312. The number of hydrogen-bond acceptors (Lipinski definition) is 5. The Morgan fingerprint density at radius 1 is 1.07 bits per heavy atom. The van der Waals surface area contributed by atoms with Crippen molar-refractivity contribution in [1.82, 2.24) is 20.3 Å². The first-order valence-corrected chi connectivity index (χ1v) is 9.29. The van der Waals surface area contributed by atoms with Gasteiger partial charge in [-0.05, 0) is 35.2 Å². The van der Waals surface area contributed by atoms with Gasteiger partial charge in [-0.1, -0.05) is 30.3 Å². The number of rotatable bonds is 7. The summed E-state index contributed by atoms with van der Waals surface area (Å²) < 4.78 is 5.69. The molecule has 7 nitrogen and oxygen atoms in total. The Morgan fingerprint density at radius 3 is 2.83 bits per heavy atom. The predicted octanol–water partition coefficient (Wildman–Crippen LogP) is 2.93. The molecular formula is C22H21N5O2. The molecule has 7 heteroatoms. The van der Waals surface area contributed by atoms with Crippen molar-refractivity contribution in [3.63, 3.8) is 0 Å². The molecule has 0 aliphatic heterocycles. The number of amides is 1. The maximum absolute atomic E-state index is 12.5. The SMILES string of the molecule is NCc1cc(OCc2cccc(C(=O)NCc3cc4ccccc4[nH]3)c2)ncn1. The van der Waals surface area contributed by atoms with Crippen LogP contribution in [0.15, 0.2) is 67.0 Å². The molecule has 4 aromatic rings. The second-order valence-electron chi connectivity index (χ2n) is 6.61. The van der Waals surface area contributed by atoms with Gasteiger partial charge in [0, 0.05) is 29.4 Å². The van der Waals surface area contributed by atoms with Gasteiger partial charge < -0.3 is 20.8 Å². The quantitative estimate of drug-likeness (QED) is 0.452. The van der Waals surface area contributed by atoms with E-state index in [2.05, 4.69) is 20.3 Å². The minimum absolute atomic E-state index is 0.141. The molecule has 0 saturated carbocycles. The number of ether oxygens (including phenoxy) is 1. The Morgan fingerprint density at radius 2 is 1.97 bits per heavy atom. The average molecular weight is 387 g/mol. The number of nitrogens with zero attached hydrogens (tertiary/aromatic N) is 2. The lowest BCUT2D eigenvalue weighted by atomic mass is 10.1. The lowest BCUT2D eigenvalue weighted by Gasteiger charge is -2.08. The summed E-state index contributed by atoms with van der Waals surface area (Å²) in [7, 11) is 0. The van der Waals surface area contributed by atoms with Crippen LogP contribution in [0.1, 0.15) is 27.3 Å². The van der Waals surface area contributed by atoms with E-state index < -0.39 is 0 Å². The van der Waals surface area contributed by atoms with E-state index in [1.807, 2.05) is 48.5 Å². The molecule has 0 radical (unpaired) electrons. The third-order valence-electron chi connectivity index (χ3n) is 4.51. The van der Waals surface area contributed by atoms with E-state index in [4.69, 9.17) is 10.5 Å². The zero-order valence-electron chi connectivity index (χ0n) is 15.8. The van der Waals surface area contributed by atoms with Crippen LogP contribution in [0.3, 0.4) is 0 Å².